The van der Waals surface area contributed by atoms with Crippen LogP contribution in [0.15, 0.2) is 18.2 Å². The smallest absolute Gasteiger partial charge is 0.220 e. The lowest BCUT2D eigenvalue weighted by molar-refractivity contribution is -0.197. The number of hydrogen-bond acceptors (Lipinski definition) is 5. The number of thioether (sulfide) groups is 1. The molecule has 0 aromatic heterocycles. The fourth-order valence-electron chi connectivity index (χ4n) is 6.77. The summed E-state index contributed by atoms with van der Waals surface area (Å²) in [6, 6.07) is 6.24. The van der Waals surface area contributed by atoms with Crippen LogP contribution in [0.25, 0.3) is 0 Å². The van der Waals surface area contributed by atoms with Crippen LogP contribution < -0.4 is 4.74 Å². The number of aryl methyl sites for hydroxylation is 1. The third-order valence-electron chi connectivity index (χ3n) is 7.93. The van der Waals surface area contributed by atoms with Crippen molar-refractivity contribution in [2.75, 3.05) is 13.4 Å². The van der Waals surface area contributed by atoms with Crippen molar-refractivity contribution in [3.05, 3.63) is 29.3 Å². The maximum atomic E-state index is 11.8. The number of hydrogen-bond donors (Lipinski definition) is 1. The lowest BCUT2D eigenvalue weighted by Crippen LogP contribution is -2.59. The topological polar surface area (TPSA) is 38.7 Å². The number of ether oxygens (including phenoxy) is 2. The third-order valence-corrected chi connectivity index (χ3v) is 8.95. The van der Waals surface area contributed by atoms with Gasteiger partial charge < -0.3 is 14.6 Å². The van der Waals surface area contributed by atoms with Crippen molar-refractivity contribution in [2.24, 2.45) is 22.7 Å². The molecule has 5 heteroatoms. The minimum atomic E-state index is -0.825. The highest BCUT2D eigenvalue weighted by Gasteiger charge is 2.61. The Bertz CT molecular complexity index is 789. The number of aliphatic hydroxyl groups is 1. The highest BCUT2D eigenvalue weighted by molar-refractivity contribution is 8.22. The van der Waals surface area contributed by atoms with Crippen LogP contribution in [0.3, 0.4) is 0 Å². The van der Waals surface area contributed by atoms with Crippen molar-refractivity contribution in [1.82, 2.24) is 0 Å². The predicted molar refractivity (Wildman–Crippen MR) is 130 cm³/mol. The highest BCUT2D eigenvalue weighted by Crippen LogP contribution is 2.65. The van der Waals surface area contributed by atoms with Crippen molar-refractivity contribution in [1.29, 1.82) is 0 Å². The monoisotopic (exact) mass is 450 g/mol. The Kier molecular flexibility index (Phi) is 6.87. The van der Waals surface area contributed by atoms with Crippen LogP contribution >= 0.6 is 24.0 Å². The van der Waals surface area contributed by atoms with E-state index in [4.69, 9.17) is 21.7 Å². The van der Waals surface area contributed by atoms with Gasteiger partial charge >= 0.3 is 0 Å². The van der Waals surface area contributed by atoms with Crippen LogP contribution in [-0.2, 0) is 4.74 Å². The fraction of sp³-hybridized carbons (Fsp3) is 0.720. The summed E-state index contributed by atoms with van der Waals surface area (Å²) < 4.78 is 12.6. The van der Waals surface area contributed by atoms with E-state index in [1.807, 2.05) is 19.2 Å². The van der Waals surface area contributed by atoms with Gasteiger partial charge in [0.1, 0.15) is 11.9 Å². The summed E-state index contributed by atoms with van der Waals surface area (Å²) in [6.07, 6.45) is 7.02. The molecule has 0 radical (unpaired) electrons. The van der Waals surface area contributed by atoms with Crippen molar-refractivity contribution in [3.63, 3.8) is 0 Å². The number of thiocarbonyl (C=S) groups is 1. The molecular weight excluding hydrogens is 412 g/mol. The van der Waals surface area contributed by atoms with E-state index < -0.39 is 5.60 Å². The zero-order chi connectivity index (χ0) is 22.3. The van der Waals surface area contributed by atoms with Gasteiger partial charge in [-0.1, -0.05) is 45.0 Å². The van der Waals surface area contributed by atoms with E-state index >= 15 is 0 Å². The number of benzene rings is 1. The van der Waals surface area contributed by atoms with E-state index in [1.165, 1.54) is 24.6 Å². The molecule has 5 atom stereocenters. The molecule has 1 N–H and O–H groups in total. The normalized spacial score (nSPS) is 34.0. The molecule has 0 amide bonds. The summed E-state index contributed by atoms with van der Waals surface area (Å²) in [5.74, 6) is 1.30. The summed E-state index contributed by atoms with van der Waals surface area (Å²) >= 11 is 6.98. The Hall–Kier alpha value is -0.780. The standard InChI is InChI=1S/C25H38O3S2/c1-16-13-17(15-18(14-16)27-6)20(28-22(29)30-7)21-24(4)11-8-10-23(2,3)19(24)9-12-25(21,5)26/h13-15,19-21,26H,8-12H2,1-7H3/t19?,20?,21-,24+,25-/m1/s1. The van der Waals surface area contributed by atoms with E-state index in [-0.39, 0.29) is 22.9 Å². The van der Waals surface area contributed by atoms with Gasteiger partial charge in [-0.25, -0.2) is 0 Å². The van der Waals surface area contributed by atoms with Crippen LogP contribution in [-0.4, -0.2) is 28.5 Å². The number of methoxy groups -OCH3 is 1. The molecule has 2 aliphatic carbocycles. The lowest BCUT2D eigenvalue weighted by Gasteiger charge is -2.62. The van der Waals surface area contributed by atoms with Crippen LogP contribution in [0.5, 0.6) is 5.75 Å². The second-order valence-electron chi connectivity index (χ2n) is 10.6. The van der Waals surface area contributed by atoms with Gasteiger partial charge in [0.25, 0.3) is 0 Å². The molecule has 0 saturated heterocycles. The largest absolute Gasteiger partial charge is 0.497 e. The minimum absolute atomic E-state index is 0.0286. The van der Waals surface area contributed by atoms with Crippen molar-refractivity contribution in [3.8, 4) is 5.75 Å². The van der Waals surface area contributed by atoms with Crippen LogP contribution in [0.1, 0.15) is 77.0 Å². The third kappa shape index (κ3) is 4.40. The first-order valence-electron chi connectivity index (χ1n) is 11.1. The summed E-state index contributed by atoms with van der Waals surface area (Å²) in [6.45, 7) is 11.3. The van der Waals surface area contributed by atoms with Gasteiger partial charge in [0, 0.05) is 5.92 Å². The quantitative estimate of drug-likeness (QED) is 0.517. The van der Waals surface area contributed by atoms with Gasteiger partial charge in [-0.2, -0.15) is 0 Å². The number of fused-ring (bicyclic) bond motifs is 1. The molecule has 1 aromatic carbocycles. The Morgan fingerprint density at radius 2 is 1.87 bits per heavy atom. The molecule has 168 valence electrons. The van der Waals surface area contributed by atoms with Gasteiger partial charge in [-0.05, 0) is 98.0 Å². The summed E-state index contributed by atoms with van der Waals surface area (Å²) in [7, 11) is 1.69. The lowest BCUT2D eigenvalue weighted by atomic mass is 9.44. The molecule has 3 rings (SSSR count). The molecule has 2 aliphatic rings. The Labute approximate surface area is 192 Å². The van der Waals surface area contributed by atoms with Crippen molar-refractivity contribution >= 4 is 28.4 Å². The second kappa shape index (κ2) is 8.63. The molecule has 2 fully saturated rings. The first kappa shape index (κ1) is 23.9. The van der Waals surface area contributed by atoms with E-state index in [9.17, 15) is 5.11 Å². The van der Waals surface area contributed by atoms with Crippen molar-refractivity contribution in [2.45, 2.75) is 78.4 Å². The molecule has 0 spiro atoms. The Morgan fingerprint density at radius 3 is 2.50 bits per heavy atom. The minimum Gasteiger partial charge on any atom is -0.497 e. The molecule has 0 bridgehead atoms. The fourth-order valence-corrected chi connectivity index (χ4v) is 7.08. The Morgan fingerprint density at radius 1 is 1.17 bits per heavy atom. The Balaban J connectivity index is 2.16. The summed E-state index contributed by atoms with van der Waals surface area (Å²) in [4.78, 5) is 0. The summed E-state index contributed by atoms with van der Waals surface area (Å²) in [5, 5.41) is 11.8. The molecule has 2 saturated carbocycles. The SMILES string of the molecule is COc1cc(C)cc(C(OC(=S)SC)[C@@H]2[C@@]3(C)CCCC(C)(C)C3CC[C@@]2(C)O)c1. The molecule has 2 unspecified atom stereocenters. The van der Waals surface area contributed by atoms with Crippen molar-refractivity contribution < 1.29 is 14.6 Å². The summed E-state index contributed by atoms with van der Waals surface area (Å²) in [5.41, 5.74) is 1.57. The molecule has 0 aliphatic heterocycles. The molecule has 1 aromatic rings. The predicted octanol–water partition coefficient (Wildman–Crippen LogP) is 6.70. The van der Waals surface area contributed by atoms with Gasteiger partial charge in [0.2, 0.25) is 4.38 Å². The van der Waals surface area contributed by atoms with Gasteiger partial charge in [-0.15, -0.1) is 0 Å². The second-order valence-corrected chi connectivity index (χ2v) is 12.0. The average molecular weight is 451 g/mol. The molecule has 0 heterocycles. The number of rotatable bonds is 4. The first-order valence-corrected chi connectivity index (χ1v) is 12.7. The van der Waals surface area contributed by atoms with E-state index in [0.29, 0.717) is 10.3 Å². The van der Waals surface area contributed by atoms with Gasteiger partial charge in [-0.3, -0.25) is 0 Å². The maximum absolute atomic E-state index is 11.8. The molecule has 3 nitrogen and oxygen atoms in total. The van der Waals surface area contributed by atoms with Crippen LogP contribution in [0, 0.1) is 29.6 Å². The maximum Gasteiger partial charge on any atom is 0.220 e. The van der Waals surface area contributed by atoms with Crippen LogP contribution in [0.4, 0.5) is 0 Å². The highest BCUT2D eigenvalue weighted by atomic mass is 32.2. The van der Waals surface area contributed by atoms with E-state index in [0.717, 1.165) is 36.1 Å². The molecular formula is C25H38O3S2. The average Bonchev–Trinajstić information content (AvgIpc) is 2.64. The van der Waals surface area contributed by atoms with Gasteiger partial charge in [0.05, 0.1) is 12.7 Å². The van der Waals surface area contributed by atoms with Crippen LogP contribution in [0.2, 0.25) is 0 Å². The van der Waals surface area contributed by atoms with E-state index in [1.54, 1.807) is 7.11 Å². The van der Waals surface area contributed by atoms with E-state index in [2.05, 4.69) is 39.8 Å². The zero-order valence-corrected chi connectivity index (χ0v) is 21.2. The molecule has 30 heavy (non-hydrogen) atoms. The zero-order valence-electron chi connectivity index (χ0n) is 19.6. The first-order chi connectivity index (χ1) is 13.9. The van der Waals surface area contributed by atoms with Gasteiger partial charge in [0.15, 0.2) is 0 Å².